The van der Waals surface area contributed by atoms with Crippen LogP contribution >= 0.6 is 0 Å². The molecule has 34 heavy (non-hydrogen) atoms. The van der Waals surface area contributed by atoms with E-state index in [2.05, 4.69) is 0 Å². The van der Waals surface area contributed by atoms with Crippen molar-refractivity contribution in [2.45, 2.75) is 37.5 Å². The van der Waals surface area contributed by atoms with Gasteiger partial charge in [0, 0.05) is 18.2 Å². The monoisotopic (exact) mass is 495 g/mol. The number of halogens is 4. The van der Waals surface area contributed by atoms with Crippen molar-refractivity contribution in [3.05, 3.63) is 95.3 Å². The highest BCUT2D eigenvalue weighted by Crippen LogP contribution is 2.31. The predicted molar refractivity (Wildman–Crippen MR) is 117 cm³/mol. The summed E-state index contributed by atoms with van der Waals surface area (Å²) in [4.78, 5) is 13.7. The van der Waals surface area contributed by atoms with Crippen LogP contribution in [0.1, 0.15) is 35.3 Å². The summed E-state index contributed by atoms with van der Waals surface area (Å²) in [6.07, 6.45) is -4.70. The van der Waals surface area contributed by atoms with Crippen molar-refractivity contribution >= 4 is 16.0 Å². The summed E-state index contributed by atoms with van der Waals surface area (Å²) in [5.41, 5.74) is -0.271. The molecule has 0 aromatic heterocycles. The van der Waals surface area contributed by atoms with Crippen molar-refractivity contribution < 1.29 is 35.0 Å². The van der Waals surface area contributed by atoms with Crippen molar-refractivity contribution in [2.75, 3.05) is 0 Å². The van der Waals surface area contributed by atoms with Crippen LogP contribution in [-0.4, -0.2) is 25.3 Å². The van der Waals surface area contributed by atoms with Gasteiger partial charge in [0.05, 0.1) is 5.56 Å². The summed E-state index contributed by atoms with van der Waals surface area (Å²) >= 11 is 0. The Balaban J connectivity index is 1.76. The quantitative estimate of drug-likeness (QED) is 0.313. The Kier molecular flexibility index (Phi) is 7.30. The standard InChI is InChI=1S/C24H21F4NO4S/c1-16(2)29(23(30)18-5-3-7-20(25)13-18)15-17-9-11-21(12-10-17)33-34(31,32)22-8-4-6-19(14-22)24(26,27)28/h3-14,16H,15H2,1-2H3. The van der Waals surface area contributed by atoms with Gasteiger partial charge in [0.25, 0.3) is 5.91 Å². The minimum absolute atomic E-state index is 0.103. The molecule has 0 aliphatic carbocycles. The average Bonchev–Trinajstić information content (AvgIpc) is 2.77. The van der Waals surface area contributed by atoms with E-state index in [1.54, 1.807) is 13.8 Å². The summed E-state index contributed by atoms with van der Waals surface area (Å²) in [5, 5.41) is 0. The molecule has 1 amide bonds. The van der Waals surface area contributed by atoms with Crippen LogP contribution in [0.5, 0.6) is 5.75 Å². The number of rotatable bonds is 7. The second kappa shape index (κ2) is 9.84. The van der Waals surface area contributed by atoms with Gasteiger partial charge in [-0.3, -0.25) is 4.79 Å². The van der Waals surface area contributed by atoms with E-state index in [-0.39, 0.29) is 29.8 Å². The molecule has 0 unspecified atom stereocenters. The third-order valence-corrected chi connectivity index (χ3v) is 6.13. The van der Waals surface area contributed by atoms with Gasteiger partial charge in [-0.05, 0) is 67.9 Å². The molecule has 3 rings (SSSR count). The van der Waals surface area contributed by atoms with Gasteiger partial charge in [0.15, 0.2) is 0 Å². The van der Waals surface area contributed by atoms with Gasteiger partial charge in [-0.1, -0.05) is 24.3 Å². The summed E-state index contributed by atoms with van der Waals surface area (Å²) < 4.78 is 82.0. The van der Waals surface area contributed by atoms with Gasteiger partial charge >= 0.3 is 16.3 Å². The van der Waals surface area contributed by atoms with Crippen LogP contribution < -0.4 is 4.18 Å². The highest BCUT2D eigenvalue weighted by molar-refractivity contribution is 7.87. The second-order valence-corrected chi connectivity index (χ2v) is 9.29. The first-order valence-electron chi connectivity index (χ1n) is 10.1. The van der Waals surface area contributed by atoms with E-state index in [4.69, 9.17) is 4.18 Å². The molecule has 0 N–H and O–H groups in total. The first-order valence-corrected chi connectivity index (χ1v) is 11.5. The molecule has 0 radical (unpaired) electrons. The minimum Gasteiger partial charge on any atom is -0.379 e. The van der Waals surface area contributed by atoms with E-state index < -0.39 is 32.6 Å². The van der Waals surface area contributed by atoms with Crippen molar-refractivity contribution in [3.63, 3.8) is 0 Å². The van der Waals surface area contributed by atoms with E-state index in [0.717, 1.165) is 24.3 Å². The van der Waals surface area contributed by atoms with Gasteiger partial charge in [-0.25, -0.2) is 4.39 Å². The fourth-order valence-electron chi connectivity index (χ4n) is 3.13. The molecular weight excluding hydrogens is 474 g/mol. The van der Waals surface area contributed by atoms with Crippen LogP contribution in [0.3, 0.4) is 0 Å². The Morgan fingerprint density at radius 2 is 1.62 bits per heavy atom. The number of carbonyl (C=O) groups excluding carboxylic acids is 1. The maximum atomic E-state index is 13.5. The molecule has 0 saturated heterocycles. The fourth-order valence-corrected chi connectivity index (χ4v) is 4.10. The zero-order valence-corrected chi connectivity index (χ0v) is 19.0. The molecule has 10 heteroatoms. The Morgan fingerprint density at radius 3 is 2.21 bits per heavy atom. The Morgan fingerprint density at radius 1 is 0.971 bits per heavy atom. The summed E-state index contributed by atoms with van der Waals surface area (Å²) in [5.74, 6) is -1.01. The molecule has 0 aliphatic rings. The van der Waals surface area contributed by atoms with Crippen LogP contribution in [0.2, 0.25) is 0 Å². The number of hydrogen-bond donors (Lipinski definition) is 0. The van der Waals surface area contributed by atoms with Crippen molar-refractivity contribution in [2.24, 2.45) is 0 Å². The van der Waals surface area contributed by atoms with Crippen LogP contribution in [-0.2, 0) is 22.8 Å². The molecule has 0 saturated carbocycles. The lowest BCUT2D eigenvalue weighted by atomic mass is 10.1. The summed E-state index contributed by atoms with van der Waals surface area (Å²) in [6.45, 7) is 3.76. The lowest BCUT2D eigenvalue weighted by Crippen LogP contribution is -2.36. The zero-order chi connectivity index (χ0) is 25.1. The molecule has 180 valence electrons. The van der Waals surface area contributed by atoms with Gasteiger partial charge in [-0.15, -0.1) is 0 Å². The number of hydrogen-bond acceptors (Lipinski definition) is 4. The average molecular weight is 495 g/mol. The number of amides is 1. The number of alkyl halides is 3. The minimum atomic E-state index is -4.70. The van der Waals surface area contributed by atoms with E-state index in [0.29, 0.717) is 11.6 Å². The third-order valence-electron chi connectivity index (χ3n) is 4.89. The molecule has 0 aliphatic heterocycles. The summed E-state index contributed by atoms with van der Waals surface area (Å²) in [7, 11) is -4.50. The van der Waals surface area contributed by atoms with Gasteiger partial charge < -0.3 is 9.08 Å². The van der Waals surface area contributed by atoms with E-state index >= 15 is 0 Å². The van der Waals surface area contributed by atoms with Crippen LogP contribution in [0.4, 0.5) is 17.6 Å². The first-order chi connectivity index (χ1) is 15.9. The van der Waals surface area contributed by atoms with Crippen molar-refractivity contribution in [3.8, 4) is 5.75 Å². The predicted octanol–water partition coefficient (Wildman–Crippen LogP) is 5.66. The number of nitrogens with zero attached hydrogens (tertiary/aromatic N) is 1. The Labute approximate surface area is 194 Å². The van der Waals surface area contributed by atoms with Crippen molar-refractivity contribution in [1.82, 2.24) is 4.90 Å². The lowest BCUT2D eigenvalue weighted by Gasteiger charge is -2.27. The first kappa shape index (κ1) is 25.2. The smallest absolute Gasteiger partial charge is 0.379 e. The second-order valence-electron chi connectivity index (χ2n) is 7.74. The fraction of sp³-hybridized carbons (Fsp3) is 0.208. The molecule has 0 spiro atoms. The molecule has 5 nitrogen and oxygen atoms in total. The van der Waals surface area contributed by atoms with E-state index in [1.807, 2.05) is 0 Å². The third kappa shape index (κ3) is 6.13. The molecule has 3 aromatic rings. The molecule has 0 atom stereocenters. The topological polar surface area (TPSA) is 63.7 Å². The zero-order valence-electron chi connectivity index (χ0n) is 18.2. The maximum Gasteiger partial charge on any atom is 0.416 e. The lowest BCUT2D eigenvalue weighted by molar-refractivity contribution is -0.137. The molecular formula is C24H21F4NO4S. The molecule has 0 heterocycles. The highest BCUT2D eigenvalue weighted by atomic mass is 32.2. The molecule has 0 bridgehead atoms. The van der Waals surface area contributed by atoms with E-state index in [1.165, 1.54) is 47.4 Å². The summed E-state index contributed by atoms with van der Waals surface area (Å²) in [6, 6.07) is 14.1. The van der Waals surface area contributed by atoms with Crippen LogP contribution in [0.15, 0.2) is 77.7 Å². The van der Waals surface area contributed by atoms with E-state index in [9.17, 15) is 30.8 Å². The number of benzene rings is 3. The molecule has 3 aromatic carbocycles. The van der Waals surface area contributed by atoms with Gasteiger partial charge in [0.1, 0.15) is 16.5 Å². The Hall–Kier alpha value is -3.40. The highest BCUT2D eigenvalue weighted by Gasteiger charge is 2.32. The SMILES string of the molecule is CC(C)N(Cc1ccc(OS(=O)(=O)c2cccc(C(F)(F)F)c2)cc1)C(=O)c1cccc(F)c1. The maximum absolute atomic E-state index is 13.5. The molecule has 0 fully saturated rings. The normalized spacial score (nSPS) is 12.0. The van der Waals surface area contributed by atoms with Crippen molar-refractivity contribution in [1.29, 1.82) is 0 Å². The van der Waals surface area contributed by atoms with Crippen LogP contribution in [0.25, 0.3) is 0 Å². The largest absolute Gasteiger partial charge is 0.416 e. The Bertz CT molecular complexity index is 1270. The van der Waals surface area contributed by atoms with Crippen LogP contribution in [0, 0.1) is 5.82 Å². The van der Waals surface area contributed by atoms with Gasteiger partial charge in [-0.2, -0.15) is 21.6 Å². The van der Waals surface area contributed by atoms with Gasteiger partial charge in [0.2, 0.25) is 0 Å². The number of carbonyl (C=O) groups is 1.